The molecule has 3 nitrogen and oxygen atoms in total. The van der Waals surface area contributed by atoms with Crippen molar-refractivity contribution in [1.29, 1.82) is 0 Å². The van der Waals surface area contributed by atoms with Gasteiger partial charge in [0.05, 0.1) is 16.0 Å². The van der Waals surface area contributed by atoms with Crippen LogP contribution in [0.4, 0.5) is 4.39 Å². The molecule has 0 fully saturated rings. The molecule has 0 saturated heterocycles. The summed E-state index contributed by atoms with van der Waals surface area (Å²) in [5, 5.41) is 0.356. The maximum Gasteiger partial charge on any atom is 0.175 e. The molecule has 0 radical (unpaired) electrons. The Morgan fingerprint density at radius 2 is 1.81 bits per heavy atom. The molecule has 112 valence electrons. The SMILES string of the molecule is CS(=O)(=O)c1ccc(C(N)c2cc(Cl)c(Br)cc2F)cc1. The lowest BCUT2D eigenvalue weighted by atomic mass is 9.99. The lowest BCUT2D eigenvalue weighted by Crippen LogP contribution is -2.14. The average Bonchev–Trinajstić information content (AvgIpc) is 2.41. The summed E-state index contributed by atoms with van der Waals surface area (Å²) in [6.07, 6.45) is 1.12. The third kappa shape index (κ3) is 3.63. The van der Waals surface area contributed by atoms with Gasteiger partial charge in [-0.2, -0.15) is 0 Å². The van der Waals surface area contributed by atoms with Gasteiger partial charge in [0.25, 0.3) is 0 Å². The van der Waals surface area contributed by atoms with Crippen molar-refractivity contribution in [3.8, 4) is 0 Å². The van der Waals surface area contributed by atoms with E-state index in [1.54, 1.807) is 12.1 Å². The van der Waals surface area contributed by atoms with Crippen molar-refractivity contribution in [2.24, 2.45) is 5.73 Å². The minimum absolute atomic E-state index is 0.188. The number of hydrogen-bond acceptors (Lipinski definition) is 3. The summed E-state index contributed by atoms with van der Waals surface area (Å²) < 4.78 is 37.2. The summed E-state index contributed by atoms with van der Waals surface area (Å²) in [7, 11) is -3.27. The van der Waals surface area contributed by atoms with Gasteiger partial charge in [0.15, 0.2) is 9.84 Å². The summed E-state index contributed by atoms with van der Waals surface area (Å²) in [5.41, 5.74) is 6.87. The van der Waals surface area contributed by atoms with Gasteiger partial charge in [-0.05, 0) is 45.8 Å². The van der Waals surface area contributed by atoms with Gasteiger partial charge in [0, 0.05) is 16.3 Å². The standard InChI is InChI=1S/C14H12BrClFNO2S/c1-21(19,20)9-4-2-8(3-5-9)14(18)10-6-12(16)11(15)7-13(10)17/h2-7,14H,18H2,1H3. The first kappa shape index (κ1) is 16.4. The molecule has 2 aromatic rings. The molecule has 0 aliphatic rings. The van der Waals surface area contributed by atoms with E-state index in [9.17, 15) is 12.8 Å². The second kappa shape index (κ2) is 6.04. The van der Waals surface area contributed by atoms with Gasteiger partial charge in [-0.15, -0.1) is 0 Å². The summed E-state index contributed by atoms with van der Waals surface area (Å²) in [5.74, 6) is -0.481. The lowest BCUT2D eigenvalue weighted by molar-refractivity contribution is 0.597. The third-order valence-corrected chi connectivity index (χ3v) is 5.37. The Morgan fingerprint density at radius 3 is 2.33 bits per heavy atom. The van der Waals surface area contributed by atoms with E-state index >= 15 is 0 Å². The molecule has 0 bridgehead atoms. The Labute approximate surface area is 136 Å². The van der Waals surface area contributed by atoms with Gasteiger partial charge in [-0.1, -0.05) is 23.7 Å². The molecule has 1 unspecified atom stereocenters. The molecule has 0 saturated carbocycles. The molecule has 1 atom stereocenters. The van der Waals surface area contributed by atoms with E-state index in [1.807, 2.05) is 0 Å². The Morgan fingerprint density at radius 1 is 1.24 bits per heavy atom. The Balaban J connectivity index is 2.41. The highest BCUT2D eigenvalue weighted by Crippen LogP contribution is 2.30. The number of rotatable bonds is 3. The Hall–Kier alpha value is -0.950. The normalized spacial score (nSPS) is 13.2. The Kier molecular flexibility index (Phi) is 4.72. The van der Waals surface area contributed by atoms with Crippen LogP contribution in [-0.4, -0.2) is 14.7 Å². The predicted molar refractivity (Wildman–Crippen MR) is 84.7 cm³/mol. The molecule has 7 heteroatoms. The summed E-state index contributed by atoms with van der Waals surface area (Å²) in [6, 6.07) is 8.00. The topological polar surface area (TPSA) is 60.2 Å². The molecule has 2 N–H and O–H groups in total. The van der Waals surface area contributed by atoms with E-state index in [2.05, 4.69) is 15.9 Å². The third-order valence-electron chi connectivity index (χ3n) is 3.04. The number of nitrogens with two attached hydrogens (primary N) is 1. The smallest absolute Gasteiger partial charge is 0.175 e. The first-order chi connectivity index (χ1) is 9.70. The van der Waals surface area contributed by atoms with Crippen molar-refractivity contribution in [1.82, 2.24) is 0 Å². The molecule has 0 aliphatic carbocycles. The number of hydrogen-bond donors (Lipinski definition) is 1. The zero-order valence-corrected chi connectivity index (χ0v) is 14.1. The molecule has 0 spiro atoms. The molecule has 2 aromatic carbocycles. The van der Waals surface area contributed by atoms with Crippen molar-refractivity contribution < 1.29 is 12.8 Å². The van der Waals surface area contributed by atoms with Crippen LogP contribution in [0.3, 0.4) is 0 Å². The van der Waals surface area contributed by atoms with E-state index in [0.29, 0.717) is 15.1 Å². The van der Waals surface area contributed by atoms with Crippen LogP contribution < -0.4 is 5.73 Å². The van der Waals surface area contributed by atoms with Crippen LogP contribution >= 0.6 is 27.5 Å². The van der Waals surface area contributed by atoms with Gasteiger partial charge in [0.1, 0.15) is 5.82 Å². The van der Waals surface area contributed by atoms with Crippen LogP contribution in [-0.2, 0) is 9.84 Å². The first-order valence-corrected chi connectivity index (χ1v) is 8.96. The van der Waals surface area contributed by atoms with E-state index in [-0.39, 0.29) is 10.5 Å². The maximum atomic E-state index is 14.0. The molecule has 21 heavy (non-hydrogen) atoms. The largest absolute Gasteiger partial charge is 0.320 e. The fourth-order valence-corrected chi connectivity index (χ4v) is 3.00. The highest BCUT2D eigenvalue weighted by atomic mass is 79.9. The summed E-state index contributed by atoms with van der Waals surface area (Å²) >= 11 is 9.09. The van der Waals surface area contributed by atoms with Gasteiger partial charge in [-0.3, -0.25) is 0 Å². The van der Waals surface area contributed by atoms with Crippen LogP contribution in [0, 0.1) is 5.82 Å². The monoisotopic (exact) mass is 391 g/mol. The molecular formula is C14H12BrClFNO2S. The van der Waals surface area contributed by atoms with Crippen LogP contribution in [0.15, 0.2) is 45.8 Å². The molecule has 2 rings (SSSR count). The summed E-state index contributed by atoms with van der Waals surface area (Å²) in [4.78, 5) is 0.188. The van der Waals surface area contributed by atoms with Gasteiger partial charge >= 0.3 is 0 Å². The van der Waals surface area contributed by atoms with Crippen LogP contribution in [0.1, 0.15) is 17.2 Å². The van der Waals surface area contributed by atoms with E-state index < -0.39 is 21.7 Å². The second-order valence-electron chi connectivity index (χ2n) is 4.61. The minimum Gasteiger partial charge on any atom is -0.320 e. The second-order valence-corrected chi connectivity index (χ2v) is 7.88. The summed E-state index contributed by atoms with van der Waals surface area (Å²) in [6.45, 7) is 0. The van der Waals surface area contributed by atoms with Gasteiger partial charge in [0.2, 0.25) is 0 Å². The van der Waals surface area contributed by atoms with Crippen LogP contribution in [0.5, 0.6) is 0 Å². The highest BCUT2D eigenvalue weighted by molar-refractivity contribution is 9.10. The van der Waals surface area contributed by atoms with Crippen LogP contribution in [0.25, 0.3) is 0 Å². The molecule has 0 aliphatic heterocycles. The highest BCUT2D eigenvalue weighted by Gasteiger charge is 2.17. The quantitative estimate of drug-likeness (QED) is 0.810. The van der Waals surface area contributed by atoms with E-state index in [1.165, 1.54) is 24.3 Å². The van der Waals surface area contributed by atoms with Crippen molar-refractivity contribution >= 4 is 37.4 Å². The molecular weight excluding hydrogens is 381 g/mol. The number of benzene rings is 2. The molecule has 0 aromatic heterocycles. The fraction of sp³-hybridized carbons (Fsp3) is 0.143. The first-order valence-electron chi connectivity index (χ1n) is 5.90. The fourth-order valence-electron chi connectivity index (χ4n) is 1.88. The number of halogens is 3. The van der Waals surface area contributed by atoms with E-state index in [0.717, 1.165) is 6.26 Å². The van der Waals surface area contributed by atoms with Gasteiger partial charge in [-0.25, -0.2) is 12.8 Å². The maximum absolute atomic E-state index is 14.0. The average molecular weight is 393 g/mol. The minimum atomic E-state index is -3.27. The molecule has 0 heterocycles. The number of sulfone groups is 1. The van der Waals surface area contributed by atoms with Crippen molar-refractivity contribution in [2.45, 2.75) is 10.9 Å². The zero-order chi connectivity index (χ0) is 15.8. The predicted octanol–water partition coefficient (Wildman–Crippen LogP) is 3.69. The van der Waals surface area contributed by atoms with Gasteiger partial charge < -0.3 is 5.73 Å². The zero-order valence-electron chi connectivity index (χ0n) is 11.0. The lowest BCUT2D eigenvalue weighted by Gasteiger charge is -2.15. The van der Waals surface area contributed by atoms with Crippen molar-refractivity contribution in [3.05, 3.63) is 62.8 Å². The molecule has 0 amide bonds. The van der Waals surface area contributed by atoms with Crippen LogP contribution in [0.2, 0.25) is 5.02 Å². The van der Waals surface area contributed by atoms with Crippen molar-refractivity contribution in [3.63, 3.8) is 0 Å². The van der Waals surface area contributed by atoms with E-state index in [4.69, 9.17) is 17.3 Å². The van der Waals surface area contributed by atoms with Crippen molar-refractivity contribution in [2.75, 3.05) is 6.26 Å². The Bertz CT molecular complexity index is 778.